The van der Waals surface area contributed by atoms with Crippen LogP contribution in [0, 0.1) is 0 Å². The van der Waals surface area contributed by atoms with Crippen molar-refractivity contribution in [2.75, 3.05) is 54.4 Å². The van der Waals surface area contributed by atoms with Gasteiger partial charge in [0.2, 0.25) is 35.4 Å². The largest absolute Gasteiger partial charge is 0.368 e. The first-order valence-electron chi connectivity index (χ1n) is 13.7. The monoisotopic (exact) mass is 595 g/mol. The van der Waals surface area contributed by atoms with Crippen LogP contribution in [0.1, 0.15) is 11.1 Å². The molecule has 13 heteroatoms. The maximum Gasteiger partial charge on any atom is 0.242 e. The first-order valence-corrected chi connectivity index (χ1v) is 13.7. The van der Waals surface area contributed by atoms with Gasteiger partial charge in [-0.15, -0.1) is 0 Å². The Bertz CT molecular complexity index is 1260. The summed E-state index contributed by atoms with van der Waals surface area (Å²) >= 11 is 0. The van der Waals surface area contributed by atoms with Crippen LogP contribution in [0.4, 0.5) is 0 Å². The molecule has 2 atom stereocenters. The quantitative estimate of drug-likeness (QED) is 0.183. The molecule has 232 valence electrons. The number of hydrogen-bond acceptors (Lipinski definition) is 7. The van der Waals surface area contributed by atoms with Gasteiger partial charge in [-0.2, -0.15) is 0 Å². The van der Waals surface area contributed by atoms with Crippen molar-refractivity contribution < 1.29 is 28.8 Å². The van der Waals surface area contributed by atoms with Gasteiger partial charge in [0.15, 0.2) is 0 Å². The fourth-order valence-electron chi connectivity index (χ4n) is 4.17. The van der Waals surface area contributed by atoms with E-state index in [-0.39, 0.29) is 25.4 Å². The van der Waals surface area contributed by atoms with E-state index in [9.17, 15) is 28.8 Å². The zero-order valence-electron chi connectivity index (χ0n) is 25.0. The Morgan fingerprint density at radius 3 is 1.77 bits per heavy atom. The van der Waals surface area contributed by atoms with E-state index < -0.39 is 54.7 Å². The second-order valence-electron chi connectivity index (χ2n) is 10.1. The Balaban J connectivity index is 1.75. The number of likely N-dealkylation sites (N-methyl/N-ethyl adjacent to an activating group) is 4. The van der Waals surface area contributed by atoms with Crippen LogP contribution in [0.15, 0.2) is 60.7 Å². The van der Waals surface area contributed by atoms with Gasteiger partial charge in [0.05, 0.1) is 32.2 Å². The highest BCUT2D eigenvalue weighted by atomic mass is 16.2. The Hall–Kier alpha value is -4.78. The molecule has 0 spiro atoms. The molecule has 43 heavy (non-hydrogen) atoms. The summed E-state index contributed by atoms with van der Waals surface area (Å²) in [6.07, 6.45) is 0.679. The Kier molecular flexibility index (Phi) is 13.8. The second-order valence-corrected chi connectivity index (χ2v) is 10.1. The summed E-state index contributed by atoms with van der Waals surface area (Å²) in [5.74, 6) is -3.18. The fourth-order valence-corrected chi connectivity index (χ4v) is 4.17. The summed E-state index contributed by atoms with van der Waals surface area (Å²) in [5.41, 5.74) is 7.29. The molecule has 0 radical (unpaired) electrons. The zero-order valence-corrected chi connectivity index (χ0v) is 25.0. The van der Waals surface area contributed by atoms with Gasteiger partial charge in [-0.1, -0.05) is 60.7 Å². The van der Waals surface area contributed by atoms with E-state index in [1.807, 2.05) is 60.7 Å². The Morgan fingerprint density at radius 2 is 1.23 bits per heavy atom. The SMILES string of the molecule is CN[C@@H](Cc1ccccc1)C(=O)N(C)CC(=O)N(C)CC(=O)NCC(=O)NCC(=O)N(C)[C@@H](Cc1ccccc1)C(N)=O. The number of carbonyl (C=O) groups is 6. The number of nitrogens with zero attached hydrogens (tertiary/aromatic N) is 3. The average molecular weight is 596 g/mol. The maximum atomic E-state index is 12.9. The Labute approximate surface area is 251 Å². The zero-order chi connectivity index (χ0) is 31.9. The Morgan fingerprint density at radius 1 is 0.698 bits per heavy atom. The number of hydrogen-bond donors (Lipinski definition) is 4. The third-order valence-electron chi connectivity index (χ3n) is 6.83. The average Bonchev–Trinajstić information content (AvgIpc) is 3.00. The van der Waals surface area contributed by atoms with Gasteiger partial charge in [0.1, 0.15) is 6.04 Å². The molecule has 0 aliphatic carbocycles. The smallest absolute Gasteiger partial charge is 0.242 e. The summed E-state index contributed by atoms with van der Waals surface area (Å²) in [5, 5.41) is 7.76. The van der Waals surface area contributed by atoms with Gasteiger partial charge < -0.3 is 36.4 Å². The van der Waals surface area contributed by atoms with Gasteiger partial charge in [-0.25, -0.2) is 0 Å². The van der Waals surface area contributed by atoms with E-state index in [0.717, 1.165) is 16.0 Å². The van der Waals surface area contributed by atoms with Crippen LogP contribution in [0.3, 0.4) is 0 Å². The van der Waals surface area contributed by atoms with Crippen LogP contribution >= 0.6 is 0 Å². The minimum Gasteiger partial charge on any atom is -0.368 e. The summed E-state index contributed by atoms with van der Waals surface area (Å²) in [4.78, 5) is 78.2. The van der Waals surface area contributed by atoms with Gasteiger partial charge in [0, 0.05) is 27.6 Å². The van der Waals surface area contributed by atoms with Crippen molar-refractivity contribution in [3.8, 4) is 0 Å². The third-order valence-corrected chi connectivity index (χ3v) is 6.83. The number of carbonyl (C=O) groups excluding carboxylic acids is 6. The number of primary amides is 1. The first-order chi connectivity index (χ1) is 20.4. The molecule has 0 bridgehead atoms. The molecule has 0 aliphatic heterocycles. The highest BCUT2D eigenvalue weighted by Gasteiger charge is 2.26. The van der Waals surface area contributed by atoms with Gasteiger partial charge in [-0.05, 0) is 24.6 Å². The predicted octanol–water partition coefficient (Wildman–Crippen LogP) is -1.48. The second kappa shape index (κ2) is 17.2. The van der Waals surface area contributed by atoms with Crippen LogP contribution in [-0.2, 0) is 41.6 Å². The van der Waals surface area contributed by atoms with Crippen LogP contribution in [-0.4, -0.2) is 117 Å². The van der Waals surface area contributed by atoms with Crippen molar-refractivity contribution in [2.45, 2.75) is 24.9 Å². The third kappa shape index (κ3) is 11.6. The van der Waals surface area contributed by atoms with E-state index in [1.54, 1.807) is 7.05 Å². The van der Waals surface area contributed by atoms with Crippen molar-refractivity contribution >= 4 is 35.4 Å². The van der Waals surface area contributed by atoms with Crippen molar-refractivity contribution in [2.24, 2.45) is 5.73 Å². The molecule has 6 amide bonds. The molecule has 0 aliphatic rings. The number of nitrogens with two attached hydrogens (primary N) is 1. The highest BCUT2D eigenvalue weighted by molar-refractivity contribution is 5.92. The lowest BCUT2D eigenvalue weighted by Gasteiger charge is -2.26. The summed E-state index contributed by atoms with van der Waals surface area (Å²) in [6.45, 7) is -1.40. The normalized spacial score (nSPS) is 11.9. The minimum absolute atomic E-state index is 0.225. The van der Waals surface area contributed by atoms with Crippen molar-refractivity contribution in [1.29, 1.82) is 0 Å². The predicted molar refractivity (Wildman–Crippen MR) is 160 cm³/mol. The van der Waals surface area contributed by atoms with Crippen LogP contribution in [0.25, 0.3) is 0 Å². The van der Waals surface area contributed by atoms with Crippen LogP contribution in [0.2, 0.25) is 0 Å². The lowest BCUT2D eigenvalue weighted by atomic mass is 10.0. The molecular formula is C30H41N7O6. The number of nitrogens with one attached hydrogen (secondary N) is 3. The highest BCUT2D eigenvalue weighted by Crippen LogP contribution is 2.08. The molecule has 2 aromatic carbocycles. The van der Waals surface area contributed by atoms with Gasteiger partial charge in [-0.3, -0.25) is 28.8 Å². The molecule has 13 nitrogen and oxygen atoms in total. The molecule has 0 aromatic heterocycles. The minimum atomic E-state index is -0.901. The molecule has 2 aromatic rings. The molecule has 0 saturated heterocycles. The van der Waals surface area contributed by atoms with Crippen LogP contribution < -0.4 is 21.7 Å². The van der Waals surface area contributed by atoms with Gasteiger partial charge in [0.25, 0.3) is 0 Å². The lowest BCUT2D eigenvalue weighted by Crippen LogP contribution is -2.51. The molecular weight excluding hydrogens is 554 g/mol. The van der Waals surface area contributed by atoms with Gasteiger partial charge >= 0.3 is 0 Å². The van der Waals surface area contributed by atoms with Crippen molar-refractivity contribution in [3.05, 3.63) is 71.8 Å². The topological polar surface area (TPSA) is 174 Å². The van der Waals surface area contributed by atoms with Crippen LogP contribution in [0.5, 0.6) is 0 Å². The molecule has 0 heterocycles. The standard InChI is InChI=1S/C30H41N7O6/c1-32-23(15-21-11-7-5-8-12-21)30(43)36(3)20-28(41)35(2)19-26(39)33-17-25(38)34-18-27(40)37(4)24(29(31)42)16-22-13-9-6-10-14-22/h5-14,23-24,32H,15-20H2,1-4H3,(H2,31,42)(H,33,39)(H,34,38)/t23-,24-/m0/s1. The maximum absolute atomic E-state index is 12.9. The van der Waals surface area contributed by atoms with E-state index in [1.165, 1.54) is 30.9 Å². The number of benzene rings is 2. The molecule has 0 unspecified atom stereocenters. The van der Waals surface area contributed by atoms with E-state index in [0.29, 0.717) is 6.42 Å². The van der Waals surface area contributed by atoms with E-state index in [4.69, 9.17) is 5.73 Å². The lowest BCUT2D eigenvalue weighted by molar-refractivity contribution is -0.141. The van der Waals surface area contributed by atoms with Crippen molar-refractivity contribution in [1.82, 2.24) is 30.7 Å². The summed E-state index contributed by atoms with van der Waals surface area (Å²) < 4.78 is 0. The van der Waals surface area contributed by atoms with E-state index >= 15 is 0 Å². The molecule has 5 N–H and O–H groups in total. The molecule has 0 fully saturated rings. The molecule has 0 saturated carbocycles. The number of amides is 6. The van der Waals surface area contributed by atoms with E-state index in [2.05, 4.69) is 16.0 Å². The summed E-state index contributed by atoms with van der Waals surface area (Å²) in [6, 6.07) is 17.1. The summed E-state index contributed by atoms with van der Waals surface area (Å²) in [7, 11) is 6.03. The van der Waals surface area contributed by atoms with Crippen molar-refractivity contribution in [3.63, 3.8) is 0 Å². The molecule has 2 rings (SSSR count). The first kappa shape index (κ1) is 34.4. The fraction of sp³-hybridized carbons (Fsp3) is 0.400. The number of rotatable bonds is 16.